The molecule has 0 bridgehead atoms. The Hall–Kier alpha value is -1.67. The summed E-state index contributed by atoms with van der Waals surface area (Å²) >= 11 is 3.27. The van der Waals surface area contributed by atoms with Crippen LogP contribution in [-0.4, -0.2) is 31.7 Å². The van der Waals surface area contributed by atoms with Gasteiger partial charge in [-0.2, -0.15) is 5.10 Å². The van der Waals surface area contributed by atoms with Crippen LogP contribution >= 0.6 is 23.1 Å². The molecular weight excluding hydrogens is 304 g/mol. The summed E-state index contributed by atoms with van der Waals surface area (Å²) in [7, 11) is 0. The van der Waals surface area contributed by atoms with Crippen LogP contribution in [-0.2, 0) is 5.75 Å². The van der Waals surface area contributed by atoms with E-state index in [1.165, 1.54) is 16.8 Å². The predicted molar refractivity (Wildman–Crippen MR) is 87.0 cm³/mol. The zero-order valence-electron chi connectivity index (χ0n) is 12.1. The van der Waals surface area contributed by atoms with Crippen molar-refractivity contribution in [2.24, 2.45) is 0 Å². The van der Waals surface area contributed by atoms with Gasteiger partial charge in [-0.1, -0.05) is 11.8 Å². The van der Waals surface area contributed by atoms with Crippen molar-refractivity contribution in [2.45, 2.75) is 31.7 Å². The highest BCUT2D eigenvalue weighted by molar-refractivity contribution is 7.98. The van der Waals surface area contributed by atoms with E-state index in [2.05, 4.69) is 51.2 Å². The molecule has 0 aromatic carbocycles. The molecule has 0 aliphatic rings. The lowest BCUT2D eigenvalue weighted by molar-refractivity contribution is 0.967. The molecule has 0 saturated carbocycles. The Morgan fingerprint density at radius 1 is 1.33 bits per heavy atom. The summed E-state index contributed by atoms with van der Waals surface area (Å²) in [4.78, 5) is 15.8. The van der Waals surface area contributed by atoms with Gasteiger partial charge < -0.3 is 5.32 Å². The minimum absolute atomic E-state index is 0.666. The maximum Gasteiger partial charge on any atom is 0.183 e. The average molecular weight is 320 g/mol. The molecule has 6 nitrogen and oxygen atoms in total. The van der Waals surface area contributed by atoms with Crippen LogP contribution in [0.2, 0.25) is 0 Å². The van der Waals surface area contributed by atoms with Gasteiger partial charge in [0, 0.05) is 11.4 Å². The van der Waals surface area contributed by atoms with Crippen molar-refractivity contribution in [3.05, 3.63) is 22.6 Å². The van der Waals surface area contributed by atoms with Gasteiger partial charge in [0.1, 0.15) is 22.8 Å². The molecule has 0 atom stereocenters. The lowest BCUT2D eigenvalue weighted by Gasteiger charge is -2.07. The van der Waals surface area contributed by atoms with E-state index >= 15 is 0 Å². The first kappa shape index (κ1) is 14.3. The molecule has 3 aromatic rings. The summed E-state index contributed by atoms with van der Waals surface area (Å²) in [5.41, 5.74) is 1.26. The highest BCUT2D eigenvalue weighted by Crippen LogP contribution is 2.33. The number of rotatable bonds is 5. The molecule has 0 aliphatic heterocycles. The van der Waals surface area contributed by atoms with Crippen molar-refractivity contribution >= 4 is 39.1 Å². The predicted octanol–water partition coefficient (Wildman–Crippen LogP) is 3.15. The molecule has 3 heterocycles. The van der Waals surface area contributed by atoms with Crippen LogP contribution in [0.5, 0.6) is 0 Å². The Morgan fingerprint density at radius 3 is 2.90 bits per heavy atom. The summed E-state index contributed by atoms with van der Waals surface area (Å²) in [6, 6.07) is 0. The van der Waals surface area contributed by atoms with Gasteiger partial charge in [0.25, 0.3) is 0 Å². The lowest BCUT2D eigenvalue weighted by Crippen LogP contribution is -2.04. The van der Waals surface area contributed by atoms with Crippen LogP contribution < -0.4 is 5.32 Å². The van der Waals surface area contributed by atoms with Crippen molar-refractivity contribution in [3.8, 4) is 0 Å². The molecule has 0 unspecified atom stereocenters. The maximum absolute atomic E-state index is 4.68. The second-order valence-electron chi connectivity index (χ2n) is 4.56. The quantitative estimate of drug-likeness (QED) is 0.703. The van der Waals surface area contributed by atoms with E-state index in [0.29, 0.717) is 5.75 Å². The van der Waals surface area contributed by atoms with E-state index in [9.17, 15) is 0 Å². The largest absolute Gasteiger partial charge is 0.370 e. The Kier molecular flexibility index (Phi) is 4.07. The van der Waals surface area contributed by atoms with Gasteiger partial charge in [0.05, 0.1) is 11.1 Å². The van der Waals surface area contributed by atoms with E-state index in [0.717, 1.165) is 33.6 Å². The fraction of sp³-hybridized carbons (Fsp3) is 0.385. The highest BCUT2D eigenvalue weighted by Gasteiger charge is 2.14. The zero-order valence-corrected chi connectivity index (χ0v) is 13.7. The normalized spacial score (nSPS) is 11.2. The monoisotopic (exact) mass is 320 g/mol. The molecule has 3 rings (SSSR count). The molecule has 2 N–H and O–H groups in total. The second kappa shape index (κ2) is 5.98. The van der Waals surface area contributed by atoms with E-state index < -0.39 is 0 Å². The van der Waals surface area contributed by atoms with Crippen LogP contribution in [0.25, 0.3) is 10.2 Å². The molecule has 3 aromatic heterocycles. The number of aromatic nitrogens is 5. The fourth-order valence-corrected chi connectivity index (χ4v) is 3.73. The highest BCUT2D eigenvalue weighted by atomic mass is 32.2. The Bertz CT molecular complexity index is 750. The second-order valence-corrected chi connectivity index (χ2v) is 6.73. The topological polar surface area (TPSA) is 79.4 Å². The average Bonchev–Trinajstić information content (AvgIpc) is 3.06. The number of hydrogen-bond donors (Lipinski definition) is 2. The molecule has 0 amide bonds. The molecule has 21 heavy (non-hydrogen) atoms. The third-order valence-electron chi connectivity index (χ3n) is 3.15. The van der Waals surface area contributed by atoms with Crippen LogP contribution in [0, 0.1) is 13.8 Å². The molecule has 0 spiro atoms. The van der Waals surface area contributed by atoms with Crippen molar-refractivity contribution in [2.75, 3.05) is 11.9 Å². The Labute approximate surface area is 130 Å². The summed E-state index contributed by atoms with van der Waals surface area (Å²) in [6.45, 7) is 7.17. The standard InChI is InChI=1S/C13H16N6S2/c1-4-14-11-10-7(2)8(3)21-12(10)18-9(17-11)5-20-13-15-6-16-19-13/h6H,4-5H2,1-3H3,(H,14,17,18)(H,15,16,19). The van der Waals surface area contributed by atoms with Gasteiger partial charge in [-0.15, -0.1) is 11.3 Å². The third-order valence-corrected chi connectivity index (χ3v) is 5.12. The van der Waals surface area contributed by atoms with Gasteiger partial charge in [-0.05, 0) is 26.3 Å². The Balaban J connectivity index is 1.95. The maximum atomic E-state index is 4.68. The molecule has 0 aliphatic carbocycles. The minimum Gasteiger partial charge on any atom is -0.370 e. The number of aryl methyl sites for hydroxylation is 2. The van der Waals surface area contributed by atoms with Gasteiger partial charge in [-0.25, -0.2) is 15.0 Å². The van der Waals surface area contributed by atoms with Gasteiger partial charge in [0.15, 0.2) is 5.16 Å². The number of aromatic amines is 1. The minimum atomic E-state index is 0.666. The number of thiophene rings is 1. The summed E-state index contributed by atoms with van der Waals surface area (Å²) in [6.07, 6.45) is 1.50. The third kappa shape index (κ3) is 2.86. The smallest absolute Gasteiger partial charge is 0.183 e. The number of anilines is 1. The number of hydrogen-bond acceptors (Lipinski definition) is 7. The van der Waals surface area contributed by atoms with Crippen molar-refractivity contribution in [3.63, 3.8) is 0 Å². The van der Waals surface area contributed by atoms with E-state index in [1.54, 1.807) is 23.1 Å². The first-order chi connectivity index (χ1) is 10.2. The first-order valence-electron chi connectivity index (χ1n) is 6.67. The molecule has 110 valence electrons. The molecule has 0 radical (unpaired) electrons. The van der Waals surface area contributed by atoms with E-state index in [1.807, 2.05) is 0 Å². The number of H-pyrrole nitrogens is 1. The summed E-state index contributed by atoms with van der Waals surface area (Å²) in [5.74, 6) is 2.40. The van der Waals surface area contributed by atoms with Gasteiger partial charge in [-0.3, -0.25) is 5.10 Å². The lowest BCUT2D eigenvalue weighted by atomic mass is 10.2. The first-order valence-corrected chi connectivity index (χ1v) is 8.48. The summed E-state index contributed by atoms with van der Waals surface area (Å²) < 4.78 is 0. The number of nitrogens with zero attached hydrogens (tertiary/aromatic N) is 4. The van der Waals surface area contributed by atoms with E-state index in [4.69, 9.17) is 0 Å². The fourth-order valence-electron chi connectivity index (χ4n) is 2.05. The number of fused-ring (bicyclic) bond motifs is 1. The SMILES string of the molecule is CCNc1nc(CSc2ncn[nH]2)nc2sc(C)c(C)c12. The van der Waals surface area contributed by atoms with Crippen LogP contribution in [0.1, 0.15) is 23.2 Å². The number of thioether (sulfide) groups is 1. The van der Waals surface area contributed by atoms with Crippen LogP contribution in [0.4, 0.5) is 5.82 Å². The summed E-state index contributed by atoms with van der Waals surface area (Å²) in [5, 5.41) is 11.9. The van der Waals surface area contributed by atoms with Crippen molar-refractivity contribution in [1.29, 1.82) is 0 Å². The van der Waals surface area contributed by atoms with Crippen molar-refractivity contribution < 1.29 is 0 Å². The van der Waals surface area contributed by atoms with E-state index in [-0.39, 0.29) is 0 Å². The van der Waals surface area contributed by atoms with Crippen LogP contribution in [0.3, 0.4) is 0 Å². The molecular formula is C13H16N6S2. The Morgan fingerprint density at radius 2 is 2.19 bits per heavy atom. The molecule has 8 heteroatoms. The molecule has 0 saturated heterocycles. The number of nitrogens with one attached hydrogen (secondary N) is 2. The molecule has 0 fully saturated rings. The van der Waals surface area contributed by atoms with Crippen LogP contribution in [0.15, 0.2) is 11.5 Å². The van der Waals surface area contributed by atoms with Crippen molar-refractivity contribution in [1.82, 2.24) is 25.1 Å². The van der Waals surface area contributed by atoms with Gasteiger partial charge >= 0.3 is 0 Å². The van der Waals surface area contributed by atoms with Gasteiger partial charge in [0.2, 0.25) is 0 Å². The zero-order chi connectivity index (χ0) is 14.8.